The molecule has 39 heavy (non-hydrogen) atoms. The standard InChI is InChI=1S/C29H29F4NO5/c1-17-15-19(7-9-21(17)30)27-24(37-2)11-12-26(34-27)28(36,29(31,32)33)14-13-22(35)18-8-10-23(25(16-18)38-3)39-20-5-4-6-20/h7-12,15-16,20,36H,4-6,13-14H2,1-3H3. The molecule has 0 saturated heterocycles. The molecule has 2 aromatic carbocycles. The summed E-state index contributed by atoms with van der Waals surface area (Å²) in [5.74, 6) is -0.208. The summed E-state index contributed by atoms with van der Waals surface area (Å²) in [5, 5.41) is 10.9. The predicted octanol–water partition coefficient (Wildman–Crippen LogP) is 6.56. The fourth-order valence-electron chi connectivity index (χ4n) is 4.30. The number of carbonyl (C=O) groups is 1. The quantitative estimate of drug-likeness (QED) is 0.229. The molecule has 0 radical (unpaired) electrons. The lowest BCUT2D eigenvalue weighted by Crippen LogP contribution is -2.43. The van der Waals surface area contributed by atoms with Crippen molar-refractivity contribution in [1.29, 1.82) is 0 Å². The lowest BCUT2D eigenvalue weighted by molar-refractivity contribution is -0.270. The zero-order valence-corrected chi connectivity index (χ0v) is 21.8. The van der Waals surface area contributed by atoms with Crippen LogP contribution in [0.5, 0.6) is 17.2 Å². The molecule has 6 nitrogen and oxygen atoms in total. The van der Waals surface area contributed by atoms with Crippen LogP contribution in [0, 0.1) is 12.7 Å². The van der Waals surface area contributed by atoms with E-state index in [1.165, 1.54) is 57.5 Å². The number of rotatable bonds is 10. The molecule has 208 valence electrons. The molecule has 0 spiro atoms. The third-order valence-corrected chi connectivity index (χ3v) is 6.95. The van der Waals surface area contributed by atoms with Gasteiger partial charge in [-0.1, -0.05) is 0 Å². The van der Waals surface area contributed by atoms with Gasteiger partial charge in [-0.2, -0.15) is 13.2 Å². The number of alkyl halides is 3. The van der Waals surface area contributed by atoms with Gasteiger partial charge in [0.2, 0.25) is 5.60 Å². The van der Waals surface area contributed by atoms with Gasteiger partial charge < -0.3 is 19.3 Å². The van der Waals surface area contributed by atoms with Crippen LogP contribution >= 0.6 is 0 Å². The number of ether oxygens (including phenoxy) is 3. The average Bonchev–Trinajstić information content (AvgIpc) is 2.89. The van der Waals surface area contributed by atoms with Gasteiger partial charge in [-0.05, 0) is 86.7 Å². The molecule has 0 aliphatic heterocycles. The van der Waals surface area contributed by atoms with Crippen molar-refractivity contribution >= 4 is 5.78 Å². The molecule has 1 aromatic heterocycles. The van der Waals surface area contributed by atoms with Gasteiger partial charge in [0.15, 0.2) is 17.3 Å². The molecule has 1 saturated carbocycles. The Morgan fingerprint density at radius 1 is 1.00 bits per heavy atom. The molecule has 10 heteroatoms. The van der Waals surface area contributed by atoms with E-state index >= 15 is 0 Å². The second-order valence-electron chi connectivity index (χ2n) is 9.53. The topological polar surface area (TPSA) is 77.9 Å². The first-order valence-electron chi connectivity index (χ1n) is 12.5. The Morgan fingerprint density at radius 2 is 1.69 bits per heavy atom. The van der Waals surface area contributed by atoms with Crippen LogP contribution in [0.25, 0.3) is 11.3 Å². The van der Waals surface area contributed by atoms with Crippen LogP contribution in [0.4, 0.5) is 17.6 Å². The lowest BCUT2D eigenvalue weighted by Gasteiger charge is -2.30. The summed E-state index contributed by atoms with van der Waals surface area (Å²) in [7, 11) is 2.73. The summed E-state index contributed by atoms with van der Waals surface area (Å²) in [4.78, 5) is 17.0. The van der Waals surface area contributed by atoms with Gasteiger partial charge in [0.25, 0.3) is 0 Å². The molecule has 1 N–H and O–H groups in total. The maximum absolute atomic E-state index is 14.3. The van der Waals surface area contributed by atoms with E-state index in [0.29, 0.717) is 17.1 Å². The van der Waals surface area contributed by atoms with E-state index in [1.807, 2.05) is 0 Å². The summed E-state index contributed by atoms with van der Waals surface area (Å²) in [6.07, 6.45) is -3.77. The highest BCUT2D eigenvalue weighted by molar-refractivity contribution is 5.96. The number of methoxy groups -OCH3 is 2. The number of carbonyl (C=O) groups excluding carboxylic acids is 1. The van der Waals surface area contributed by atoms with Crippen molar-refractivity contribution in [2.75, 3.05) is 14.2 Å². The molecule has 1 unspecified atom stereocenters. The minimum absolute atomic E-state index is 0.00103. The van der Waals surface area contributed by atoms with E-state index in [0.717, 1.165) is 25.3 Å². The number of aliphatic hydroxyl groups is 1. The van der Waals surface area contributed by atoms with Crippen molar-refractivity contribution in [2.24, 2.45) is 0 Å². The summed E-state index contributed by atoms with van der Waals surface area (Å²) in [6.45, 7) is 1.51. The van der Waals surface area contributed by atoms with E-state index in [-0.39, 0.29) is 28.7 Å². The fraction of sp³-hybridized carbons (Fsp3) is 0.379. The van der Waals surface area contributed by atoms with Crippen LogP contribution < -0.4 is 14.2 Å². The highest BCUT2D eigenvalue weighted by Gasteiger charge is 2.56. The van der Waals surface area contributed by atoms with E-state index in [9.17, 15) is 27.5 Å². The van der Waals surface area contributed by atoms with Crippen molar-refractivity contribution in [2.45, 2.75) is 56.9 Å². The molecule has 1 aliphatic carbocycles. The smallest absolute Gasteiger partial charge is 0.422 e. The van der Waals surface area contributed by atoms with Crippen molar-refractivity contribution in [1.82, 2.24) is 4.98 Å². The Kier molecular flexibility index (Phi) is 8.15. The van der Waals surface area contributed by atoms with Gasteiger partial charge in [0.1, 0.15) is 17.3 Å². The SMILES string of the molecule is COc1cc(C(=O)CCC(O)(c2ccc(OC)c(-c3ccc(F)c(C)c3)n2)C(F)(F)F)ccc1OC1CCC1. The Bertz CT molecular complexity index is 1360. The molecular formula is C29H29F4NO5. The predicted molar refractivity (Wildman–Crippen MR) is 136 cm³/mol. The number of nitrogens with zero attached hydrogens (tertiary/aromatic N) is 1. The first-order valence-corrected chi connectivity index (χ1v) is 12.5. The van der Waals surface area contributed by atoms with Crippen molar-refractivity contribution in [3.8, 4) is 28.5 Å². The van der Waals surface area contributed by atoms with Gasteiger partial charge >= 0.3 is 6.18 Å². The van der Waals surface area contributed by atoms with E-state index in [4.69, 9.17) is 14.2 Å². The Balaban J connectivity index is 1.61. The van der Waals surface area contributed by atoms with Crippen LogP contribution in [0.3, 0.4) is 0 Å². The normalized spacial score (nSPS) is 15.3. The third-order valence-electron chi connectivity index (χ3n) is 6.95. The summed E-state index contributed by atoms with van der Waals surface area (Å²) in [6, 6.07) is 10.7. The van der Waals surface area contributed by atoms with Gasteiger partial charge in [-0.15, -0.1) is 0 Å². The highest BCUT2D eigenvalue weighted by Crippen LogP contribution is 2.44. The van der Waals surface area contributed by atoms with Crippen LogP contribution in [-0.2, 0) is 5.60 Å². The van der Waals surface area contributed by atoms with Crippen LogP contribution in [-0.4, -0.2) is 42.4 Å². The molecule has 4 rings (SSSR count). The molecule has 3 aromatic rings. The monoisotopic (exact) mass is 547 g/mol. The average molecular weight is 548 g/mol. The van der Waals surface area contributed by atoms with Crippen LogP contribution in [0.1, 0.15) is 53.7 Å². The number of hydrogen-bond donors (Lipinski definition) is 1. The maximum Gasteiger partial charge on any atom is 0.422 e. The molecular weight excluding hydrogens is 518 g/mol. The number of benzene rings is 2. The summed E-state index contributed by atoms with van der Waals surface area (Å²) >= 11 is 0. The number of Topliss-reactive ketones (excluding diaryl/α,β-unsaturated/α-hetero) is 1. The van der Waals surface area contributed by atoms with Gasteiger partial charge in [0.05, 0.1) is 26.0 Å². The molecule has 1 aliphatic rings. The van der Waals surface area contributed by atoms with Crippen LogP contribution in [0.15, 0.2) is 48.5 Å². The maximum atomic E-state index is 14.3. The van der Waals surface area contributed by atoms with Crippen molar-refractivity contribution in [3.05, 3.63) is 71.2 Å². The van der Waals surface area contributed by atoms with Gasteiger partial charge in [0, 0.05) is 17.5 Å². The highest BCUT2D eigenvalue weighted by atomic mass is 19.4. The first-order chi connectivity index (χ1) is 18.5. The molecule has 0 amide bonds. The minimum Gasteiger partial charge on any atom is -0.494 e. The molecule has 1 atom stereocenters. The second kappa shape index (κ2) is 11.2. The number of halogens is 4. The zero-order valence-electron chi connectivity index (χ0n) is 21.8. The molecule has 1 heterocycles. The van der Waals surface area contributed by atoms with E-state index in [1.54, 1.807) is 6.07 Å². The van der Waals surface area contributed by atoms with E-state index < -0.39 is 41.9 Å². The Labute approximate surface area is 223 Å². The number of pyridine rings is 1. The van der Waals surface area contributed by atoms with E-state index in [2.05, 4.69) is 4.98 Å². The number of hydrogen-bond acceptors (Lipinski definition) is 6. The second-order valence-corrected chi connectivity index (χ2v) is 9.53. The summed E-state index contributed by atoms with van der Waals surface area (Å²) in [5.41, 5.74) is -3.44. The minimum atomic E-state index is -5.15. The van der Waals surface area contributed by atoms with Gasteiger partial charge in [-0.3, -0.25) is 4.79 Å². The summed E-state index contributed by atoms with van der Waals surface area (Å²) < 4.78 is 73.1. The van der Waals surface area contributed by atoms with Crippen LogP contribution in [0.2, 0.25) is 0 Å². The fourth-order valence-corrected chi connectivity index (χ4v) is 4.30. The Morgan fingerprint density at radius 3 is 2.28 bits per heavy atom. The lowest BCUT2D eigenvalue weighted by atomic mass is 9.89. The number of ketones is 1. The number of aromatic nitrogens is 1. The van der Waals surface area contributed by atoms with Gasteiger partial charge in [-0.25, -0.2) is 9.37 Å². The first kappa shape index (κ1) is 28.4. The Hall–Kier alpha value is -3.66. The third kappa shape index (κ3) is 5.85. The largest absolute Gasteiger partial charge is 0.494 e. The van der Waals surface area contributed by atoms with Crippen molar-refractivity contribution < 1.29 is 41.7 Å². The molecule has 1 fully saturated rings. The molecule has 0 bridgehead atoms. The number of aryl methyl sites for hydroxylation is 1. The zero-order chi connectivity index (χ0) is 28.4. The van der Waals surface area contributed by atoms with Crippen molar-refractivity contribution in [3.63, 3.8) is 0 Å².